The summed E-state index contributed by atoms with van der Waals surface area (Å²) in [6.45, 7) is 2.01. The van der Waals surface area contributed by atoms with Gasteiger partial charge in [-0.3, -0.25) is 19.4 Å². The van der Waals surface area contributed by atoms with Gasteiger partial charge in [0.2, 0.25) is 0 Å². The van der Waals surface area contributed by atoms with Crippen LogP contribution in [0.25, 0.3) is 34.0 Å². The van der Waals surface area contributed by atoms with Gasteiger partial charge in [-0.1, -0.05) is 24.3 Å². The zero-order valence-corrected chi connectivity index (χ0v) is 30.3. The normalized spacial score (nSPS) is 10.7. The van der Waals surface area contributed by atoms with Crippen molar-refractivity contribution in [2.75, 3.05) is 28.4 Å². The highest BCUT2D eigenvalue weighted by molar-refractivity contribution is 6.11. The Morgan fingerprint density at radius 2 is 1.22 bits per heavy atom. The lowest BCUT2D eigenvalue weighted by Crippen LogP contribution is -2.01. The maximum Gasteiger partial charge on any atom is 0.163 e. The highest BCUT2D eigenvalue weighted by Gasteiger charge is 2.08. The number of nitrogens with one attached hydrogen (secondary N) is 1. The largest absolute Gasteiger partial charge is 0.504 e. The fourth-order valence-electron chi connectivity index (χ4n) is 5.12. The van der Waals surface area contributed by atoms with Crippen LogP contribution >= 0.6 is 0 Å². The van der Waals surface area contributed by atoms with Crippen LogP contribution in [-0.2, 0) is 9.59 Å². The van der Waals surface area contributed by atoms with E-state index in [-0.39, 0.29) is 35.2 Å². The molecular weight excluding hydrogens is 692 g/mol. The number of aldehydes is 1. The Hall–Kier alpha value is -7.08. The molecule has 6 aromatic rings. The summed E-state index contributed by atoms with van der Waals surface area (Å²) >= 11 is 0. The van der Waals surface area contributed by atoms with Gasteiger partial charge in [-0.15, -0.1) is 0 Å². The molecule has 0 saturated carbocycles. The fraction of sp³-hybridized carbons (Fsp3) is 0.143. The van der Waals surface area contributed by atoms with Crippen molar-refractivity contribution >= 4 is 51.8 Å². The van der Waals surface area contributed by atoms with Crippen LogP contribution in [-0.4, -0.2) is 71.6 Å². The molecule has 0 aliphatic carbocycles. The quantitative estimate of drug-likeness (QED) is 0.0585. The summed E-state index contributed by atoms with van der Waals surface area (Å²) in [5, 5.41) is 30.6. The third kappa shape index (κ3) is 10.5. The van der Waals surface area contributed by atoms with Gasteiger partial charge in [-0.2, -0.15) is 0 Å². The number of ketones is 2. The van der Waals surface area contributed by atoms with Crippen LogP contribution in [0.3, 0.4) is 0 Å². The number of methoxy groups -OCH3 is 4. The molecule has 0 aliphatic heterocycles. The zero-order chi connectivity index (χ0) is 39.2. The molecule has 0 aliphatic rings. The average molecular weight is 733 g/mol. The van der Waals surface area contributed by atoms with Gasteiger partial charge in [0.1, 0.15) is 12.0 Å². The van der Waals surface area contributed by atoms with Crippen molar-refractivity contribution in [3.05, 3.63) is 120 Å². The first-order chi connectivity index (χ1) is 26.0. The van der Waals surface area contributed by atoms with E-state index < -0.39 is 0 Å². The number of carbonyl (C=O) groups excluding carboxylic acids is 3. The Labute approximate surface area is 311 Å². The molecule has 2 heterocycles. The topological polar surface area (TPSA) is 178 Å². The molecule has 278 valence electrons. The number of benzene rings is 4. The predicted molar refractivity (Wildman–Crippen MR) is 207 cm³/mol. The monoisotopic (exact) mass is 732 g/mol. The molecule has 54 heavy (non-hydrogen) atoms. The van der Waals surface area contributed by atoms with Gasteiger partial charge < -0.3 is 39.3 Å². The van der Waals surface area contributed by atoms with Crippen molar-refractivity contribution in [3.63, 3.8) is 0 Å². The minimum atomic E-state index is -0.347. The molecule has 0 atom stereocenters. The Morgan fingerprint density at radius 3 is 1.74 bits per heavy atom. The number of aromatic amines is 1. The predicted octanol–water partition coefficient (Wildman–Crippen LogP) is 7.62. The molecular formula is C42H40N2O10. The van der Waals surface area contributed by atoms with Gasteiger partial charge in [0.25, 0.3) is 0 Å². The third-order valence-corrected chi connectivity index (χ3v) is 7.94. The Kier molecular flexibility index (Phi) is 13.9. The van der Waals surface area contributed by atoms with E-state index in [2.05, 4.69) is 16.0 Å². The molecule has 0 fully saturated rings. The van der Waals surface area contributed by atoms with Crippen molar-refractivity contribution in [2.45, 2.75) is 13.3 Å². The smallest absolute Gasteiger partial charge is 0.163 e. The number of nitrogens with zero attached hydrogens (tertiary/aromatic N) is 1. The van der Waals surface area contributed by atoms with E-state index in [4.69, 9.17) is 24.1 Å². The summed E-state index contributed by atoms with van der Waals surface area (Å²) in [5.74, 6) is 1.14. The molecule has 12 nitrogen and oxygen atoms in total. The second kappa shape index (κ2) is 19.0. The maximum absolute atomic E-state index is 11.9. The molecule has 0 unspecified atom stereocenters. The lowest BCUT2D eigenvalue weighted by Gasteiger charge is -2.03. The van der Waals surface area contributed by atoms with Gasteiger partial charge in [-0.05, 0) is 90.9 Å². The summed E-state index contributed by atoms with van der Waals surface area (Å²) in [4.78, 5) is 41.7. The number of phenols is 3. The number of fused-ring (bicyclic) bond motifs is 3. The lowest BCUT2D eigenvalue weighted by molar-refractivity contribution is -0.121. The minimum absolute atomic E-state index is 0.00662. The van der Waals surface area contributed by atoms with Crippen LogP contribution in [0.15, 0.2) is 97.2 Å². The van der Waals surface area contributed by atoms with Crippen molar-refractivity contribution < 1.29 is 48.7 Å². The fourth-order valence-corrected chi connectivity index (χ4v) is 5.12. The number of phenolic OH excluding ortho intramolecular Hbond substituents is 3. The number of pyridine rings is 1. The Morgan fingerprint density at radius 1 is 0.648 bits per heavy atom. The second-order valence-electron chi connectivity index (χ2n) is 11.5. The summed E-state index contributed by atoms with van der Waals surface area (Å²) in [7, 11) is 6.00. The van der Waals surface area contributed by atoms with Crippen LogP contribution in [0.5, 0.6) is 40.2 Å². The van der Waals surface area contributed by atoms with E-state index in [0.717, 1.165) is 22.5 Å². The molecule has 0 radical (unpaired) electrons. The highest BCUT2D eigenvalue weighted by Crippen LogP contribution is 2.30. The lowest BCUT2D eigenvalue weighted by atomic mass is 10.1. The summed E-state index contributed by atoms with van der Waals surface area (Å²) in [6, 6.07) is 21.9. The summed E-state index contributed by atoms with van der Waals surface area (Å²) in [5.41, 5.74) is 4.97. The van der Waals surface area contributed by atoms with E-state index in [1.807, 2.05) is 31.3 Å². The third-order valence-electron chi connectivity index (χ3n) is 7.94. The van der Waals surface area contributed by atoms with Crippen LogP contribution in [0.4, 0.5) is 0 Å². The zero-order valence-electron chi connectivity index (χ0n) is 30.3. The molecule has 4 N–H and O–H groups in total. The number of hydrogen-bond acceptors (Lipinski definition) is 11. The summed E-state index contributed by atoms with van der Waals surface area (Å²) < 4.78 is 20.0. The SMILES string of the molecule is COc1cc(/C=C/C(=O)CC(=O)/C=C/c2ccc(O)c(OC)c2)ccc1O.COc1ccc(C=O)cc1O.COc1ccc2c(c1)[nH]c1c(C)nccc12. The number of H-pyrrole nitrogens is 1. The number of ether oxygens (including phenoxy) is 4. The molecule has 6 rings (SSSR count). The molecule has 0 spiro atoms. The van der Waals surface area contributed by atoms with E-state index in [9.17, 15) is 24.6 Å². The van der Waals surface area contributed by atoms with Crippen LogP contribution in [0, 0.1) is 6.92 Å². The van der Waals surface area contributed by atoms with E-state index in [0.29, 0.717) is 40.2 Å². The molecule has 0 bridgehead atoms. The van der Waals surface area contributed by atoms with Gasteiger partial charge >= 0.3 is 0 Å². The Bertz CT molecular complexity index is 2250. The number of carbonyl (C=O) groups is 3. The first-order valence-electron chi connectivity index (χ1n) is 16.4. The average Bonchev–Trinajstić information content (AvgIpc) is 3.56. The van der Waals surface area contributed by atoms with Gasteiger partial charge in [0.15, 0.2) is 46.1 Å². The number of aromatic hydroxyl groups is 3. The molecule has 2 aromatic heterocycles. The second-order valence-corrected chi connectivity index (χ2v) is 11.5. The number of allylic oxidation sites excluding steroid dienone is 2. The van der Waals surface area contributed by atoms with Crippen LogP contribution in [0.2, 0.25) is 0 Å². The number of hydrogen-bond donors (Lipinski definition) is 4. The molecule has 0 amide bonds. The minimum Gasteiger partial charge on any atom is -0.504 e. The van der Waals surface area contributed by atoms with E-state index in [1.54, 1.807) is 55.7 Å². The van der Waals surface area contributed by atoms with Crippen LogP contribution < -0.4 is 18.9 Å². The van der Waals surface area contributed by atoms with Crippen molar-refractivity contribution in [3.8, 4) is 40.2 Å². The molecule has 4 aromatic carbocycles. The Balaban J connectivity index is 0.000000201. The van der Waals surface area contributed by atoms with Crippen molar-refractivity contribution in [2.24, 2.45) is 0 Å². The number of aryl methyl sites for hydroxylation is 1. The van der Waals surface area contributed by atoms with Crippen molar-refractivity contribution in [1.82, 2.24) is 9.97 Å². The van der Waals surface area contributed by atoms with Crippen molar-refractivity contribution in [1.29, 1.82) is 0 Å². The molecule has 12 heteroatoms. The number of rotatable bonds is 11. The van der Waals surface area contributed by atoms with Crippen LogP contribution in [0.1, 0.15) is 33.6 Å². The van der Waals surface area contributed by atoms with E-state index in [1.165, 1.54) is 62.5 Å². The van der Waals surface area contributed by atoms with E-state index >= 15 is 0 Å². The maximum atomic E-state index is 11.9. The standard InChI is InChI=1S/C21H20O6.C13H12N2O.C8H8O3/c1-26-20-11-14(5-9-18(20)24)3-7-16(22)13-17(23)8-4-15-6-10-19(25)21(12-15)27-2;1-8-13-11(5-6-14-8)10-4-3-9(16-2)7-12(10)15-13;1-11-8-3-2-6(5-9)4-7(8)10/h3-12,24-25H,13H2,1-2H3;3-7,15H,1-2H3;2-5,10H,1H3/b7-3+,8-4+;;. The first kappa shape index (κ1) is 39.7. The van der Waals surface area contributed by atoms with Gasteiger partial charge in [0, 0.05) is 28.6 Å². The summed E-state index contributed by atoms with van der Waals surface area (Å²) in [6.07, 6.45) is 7.95. The highest BCUT2D eigenvalue weighted by atomic mass is 16.5. The molecule has 0 saturated heterocycles. The van der Waals surface area contributed by atoms with Gasteiger partial charge in [-0.25, -0.2) is 0 Å². The van der Waals surface area contributed by atoms with Gasteiger partial charge in [0.05, 0.1) is 51.6 Å². The first-order valence-corrected chi connectivity index (χ1v) is 16.4. The number of aromatic nitrogens is 2.